The van der Waals surface area contributed by atoms with Crippen molar-refractivity contribution in [2.75, 3.05) is 7.11 Å². The third-order valence-electron chi connectivity index (χ3n) is 2.43. The normalized spacial score (nSPS) is 16.2. The lowest BCUT2D eigenvalue weighted by Gasteiger charge is -2.25. The average Bonchev–Trinajstić information content (AvgIpc) is 2.27. The molecule has 2 atom stereocenters. The number of carbonyl (C=O) groups is 1. The highest BCUT2D eigenvalue weighted by atomic mass is 35.5. The first-order valence-corrected chi connectivity index (χ1v) is 6.70. The van der Waals surface area contributed by atoms with Gasteiger partial charge in [0.1, 0.15) is 12.2 Å². The van der Waals surface area contributed by atoms with Crippen LogP contribution in [0, 0.1) is 0 Å². The molecule has 5 heteroatoms. The van der Waals surface area contributed by atoms with Crippen LogP contribution in [0.2, 0.25) is 0 Å². The van der Waals surface area contributed by atoms with Gasteiger partial charge in [0.05, 0.1) is 0 Å². The highest BCUT2D eigenvalue weighted by Gasteiger charge is 2.24. The number of hydrogen-bond acceptors (Lipinski definition) is 3. The smallest absolute Gasteiger partial charge is 0.407 e. The van der Waals surface area contributed by atoms with Gasteiger partial charge < -0.3 is 14.8 Å². The number of methoxy groups -OCH3 is 1. The quantitative estimate of drug-likeness (QED) is 0.760. The molecule has 0 saturated heterocycles. The van der Waals surface area contributed by atoms with Gasteiger partial charge in [0.15, 0.2) is 0 Å². The zero-order valence-electron chi connectivity index (χ0n) is 12.5. The van der Waals surface area contributed by atoms with Crippen LogP contribution < -0.4 is 5.32 Å². The van der Waals surface area contributed by atoms with Crippen LogP contribution in [0.4, 0.5) is 4.79 Å². The molecule has 0 aromatic heterocycles. The number of ether oxygens (including phenoxy) is 2. The Balaban J connectivity index is 4.85. The molecule has 110 valence electrons. The molecule has 1 amide bonds. The van der Waals surface area contributed by atoms with Crippen LogP contribution in [0.5, 0.6) is 0 Å². The lowest BCUT2D eigenvalue weighted by Crippen LogP contribution is -2.38. The third-order valence-corrected chi connectivity index (χ3v) is 2.65. The van der Waals surface area contributed by atoms with Gasteiger partial charge in [-0.05, 0) is 40.2 Å². The van der Waals surface area contributed by atoms with Crippen molar-refractivity contribution in [2.45, 2.75) is 52.9 Å². The van der Waals surface area contributed by atoms with Crippen LogP contribution in [0.1, 0.15) is 34.6 Å². The minimum atomic E-state index is -0.461. The summed E-state index contributed by atoms with van der Waals surface area (Å²) in [6, 6.07) is 0.0287. The van der Waals surface area contributed by atoms with Crippen LogP contribution in [0.25, 0.3) is 0 Å². The van der Waals surface area contributed by atoms with Gasteiger partial charge in [0.25, 0.3) is 0 Å². The van der Waals surface area contributed by atoms with E-state index in [0.717, 1.165) is 5.57 Å². The van der Waals surface area contributed by atoms with E-state index in [2.05, 4.69) is 5.32 Å². The van der Waals surface area contributed by atoms with Gasteiger partial charge in [-0.15, -0.1) is 0 Å². The second-order valence-corrected chi connectivity index (χ2v) is 5.12. The molecule has 0 spiro atoms. The minimum Gasteiger partial charge on any atom is -0.443 e. The second kappa shape index (κ2) is 8.99. The number of halogens is 1. The van der Waals surface area contributed by atoms with Crippen molar-refractivity contribution in [1.29, 1.82) is 0 Å². The molecule has 0 saturated carbocycles. The van der Waals surface area contributed by atoms with Crippen LogP contribution in [-0.2, 0) is 9.47 Å². The number of rotatable bonds is 6. The Morgan fingerprint density at radius 3 is 2.26 bits per heavy atom. The Kier molecular flexibility index (Phi) is 8.52. The molecule has 0 bridgehead atoms. The summed E-state index contributed by atoms with van der Waals surface area (Å²) in [5, 5.41) is 3.28. The molecule has 1 N–H and O–H groups in total. The SMILES string of the molecule is CC=CC(=C(C)Cl)C(OC)C(C)OC(=O)NC(C)C. The molecule has 2 unspecified atom stereocenters. The topological polar surface area (TPSA) is 47.6 Å². The highest BCUT2D eigenvalue weighted by molar-refractivity contribution is 6.29. The van der Waals surface area contributed by atoms with Crippen molar-refractivity contribution in [3.63, 3.8) is 0 Å². The molecule has 0 radical (unpaired) electrons. The fourth-order valence-corrected chi connectivity index (χ4v) is 1.83. The number of alkyl carbamates (subject to hydrolysis) is 1. The number of carbonyl (C=O) groups excluding carboxylic acids is 1. The summed E-state index contributed by atoms with van der Waals surface area (Å²) >= 11 is 6.05. The van der Waals surface area contributed by atoms with Crippen LogP contribution >= 0.6 is 11.6 Å². The van der Waals surface area contributed by atoms with Crippen molar-refractivity contribution in [2.24, 2.45) is 0 Å². The van der Waals surface area contributed by atoms with Crippen molar-refractivity contribution in [3.05, 3.63) is 22.8 Å². The predicted molar refractivity (Wildman–Crippen MR) is 78.4 cm³/mol. The summed E-state index contributed by atoms with van der Waals surface area (Å²) in [6.45, 7) is 9.19. The van der Waals surface area contributed by atoms with E-state index in [-0.39, 0.29) is 6.04 Å². The molecule has 0 rings (SSSR count). The zero-order chi connectivity index (χ0) is 15.0. The Morgan fingerprint density at radius 2 is 1.89 bits per heavy atom. The maximum absolute atomic E-state index is 11.6. The van der Waals surface area contributed by atoms with Crippen molar-refractivity contribution in [1.82, 2.24) is 5.32 Å². The lowest BCUT2D eigenvalue weighted by molar-refractivity contribution is 0.00662. The van der Waals surface area contributed by atoms with Crippen molar-refractivity contribution >= 4 is 17.7 Å². The molecule has 19 heavy (non-hydrogen) atoms. The molecular formula is C14H24ClNO3. The molecule has 0 aromatic carbocycles. The Labute approximate surface area is 120 Å². The maximum Gasteiger partial charge on any atom is 0.407 e. The van der Waals surface area contributed by atoms with E-state index in [9.17, 15) is 4.79 Å². The fourth-order valence-electron chi connectivity index (χ4n) is 1.66. The summed E-state index contributed by atoms with van der Waals surface area (Å²) in [5.74, 6) is 0. The summed E-state index contributed by atoms with van der Waals surface area (Å²) in [7, 11) is 1.56. The molecule has 0 fully saturated rings. The summed E-state index contributed by atoms with van der Waals surface area (Å²) < 4.78 is 10.7. The van der Waals surface area contributed by atoms with Gasteiger partial charge in [-0.3, -0.25) is 0 Å². The zero-order valence-corrected chi connectivity index (χ0v) is 13.2. The van der Waals surface area contributed by atoms with Gasteiger partial charge in [-0.25, -0.2) is 4.79 Å². The van der Waals surface area contributed by atoms with Crippen LogP contribution in [0.3, 0.4) is 0 Å². The largest absolute Gasteiger partial charge is 0.443 e. The molecule has 0 heterocycles. The molecule has 0 aromatic rings. The number of nitrogens with one attached hydrogen (secondary N) is 1. The standard InChI is InChI=1S/C14H24ClNO3/c1-7-8-12(10(4)15)13(18-6)11(5)19-14(17)16-9(2)3/h7-9,11,13H,1-6H3,(H,16,17). The first kappa shape index (κ1) is 18.0. The van der Waals surface area contributed by atoms with Gasteiger partial charge in [0, 0.05) is 18.2 Å². The van der Waals surface area contributed by atoms with E-state index in [1.54, 1.807) is 21.0 Å². The van der Waals surface area contributed by atoms with Gasteiger partial charge in [-0.1, -0.05) is 23.8 Å². The highest BCUT2D eigenvalue weighted by Crippen LogP contribution is 2.21. The Hall–Kier alpha value is -1.00. The average molecular weight is 290 g/mol. The number of hydrogen-bond donors (Lipinski definition) is 1. The Morgan fingerprint density at radius 1 is 1.32 bits per heavy atom. The van der Waals surface area contributed by atoms with E-state index in [0.29, 0.717) is 5.03 Å². The van der Waals surface area contributed by atoms with Crippen LogP contribution in [-0.4, -0.2) is 31.5 Å². The predicted octanol–water partition coefficient (Wildman–Crippen LogP) is 3.61. The fraction of sp³-hybridized carbons (Fsp3) is 0.643. The van der Waals surface area contributed by atoms with Crippen molar-refractivity contribution < 1.29 is 14.3 Å². The molecular weight excluding hydrogens is 266 g/mol. The van der Waals surface area contributed by atoms with E-state index in [1.165, 1.54) is 0 Å². The number of amides is 1. The third kappa shape index (κ3) is 6.64. The van der Waals surface area contributed by atoms with Gasteiger partial charge in [-0.2, -0.15) is 0 Å². The van der Waals surface area contributed by atoms with E-state index in [4.69, 9.17) is 21.1 Å². The Bertz CT molecular complexity index is 347. The second-order valence-electron chi connectivity index (χ2n) is 4.55. The lowest BCUT2D eigenvalue weighted by atomic mass is 10.0. The number of allylic oxidation sites excluding steroid dienone is 2. The summed E-state index contributed by atoms with van der Waals surface area (Å²) in [4.78, 5) is 11.6. The van der Waals surface area contributed by atoms with E-state index in [1.807, 2.05) is 32.9 Å². The van der Waals surface area contributed by atoms with E-state index < -0.39 is 18.3 Å². The molecule has 0 aliphatic carbocycles. The molecule has 0 aliphatic rings. The minimum absolute atomic E-state index is 0.0287. The molecule has 0 aliphatic heterocycles. The van der Waals surface area contributed by atoms with Crippen LogP contribution in [0.15, 0.2) is 22.8 Å². The maximum atomic E-state index is 11.6. The first-order valence-electron chi connectivity index (χ1n) is 6.32. The monoisotopic (exact) mass is 289 g/mol. The summed E-state index contributed by atoms with van der Waals surface area (Å²) in [5.41, 5.74) is 0.802. The van der Waals surface area contributed by atoms with Gasteiger partial charge in [0.2, 0.25) is 0 Å². The first-order chi connectivity index (χ1) is 8.83. The summed E-state index contributed by atoms with van der Waals surface area (Å²) in [6.07, 6.45) is 2.43. The van der Waals surface area contributed by atoms with E-state index >= 15 is 0 Å². The van der Waals surface area contributed by atoms with Gasteiger partial charge >= 0.3 is 6.09 Å². The molecule has 4 nitrogen and oxygen atoms in total. The van der Waals surface area contributed by atoms with Crippen molar-refractivity contribution in [3.8, 4) is 0 Å².